The molecule has 102 valence electrons. The monoisotopic (exact) mass is 281 g/mol. The van der Waals surface area contributed by atoms with Crippen LogP contribution in [0.15, 0.2) is 24.3 Å². The first-order valence-corrected chi connectivity index (χ1v) is 6.86. The van der Waals surface area contributed by atoms with Crippen molar-refractivity contribution < 1.29 is 9.72 Å². The number of carbonyl (C=O) groups is 1. The van der Waals surface area contributed by atoms with Crippen LogP contribution in [-0.2, 0) is 4.79 Å². The van der Waals surface area contributed by atoms with Gasteiger partial charge in [-0.2, -0.15) is 0 Å². The van der Waals surface area contributed by atoms with E-state index >= 15 is 0 Å². The van der Waals surface area contributed by atoms with Crippen molar-refractivity contribution in [2.75, 3.05) is 6.54 Å². The lowest BCUT2D eigenvalue weighted by Gasteiger charge is -2.27. The van der Waals surface area contributed by atoms with E-state index in [2.05, 4.69) is 0 Å². The molecule has 2 unspecified atom stereocenters. The summed E-state index contributed by atoms with van der Waals surface area (Å²) in [7, 11) is 0. The average molecular weight is 282 g/mol. The zero-order valence-corrected chi connectivity index (χ0v) is 11.3. The van der Waals surface area contributed by atoms with E-state index in [1.807, 2.05) is 6.07 Å². The predicted molar refractivity (Wildman–Crippen MR) is 73.0 cm³/mol. The van der Waals surface area contributed by atoms with Crippen LogP contribution < -0.4 is 0 Å². The van der Waals surface area contributed by atoms with Crippen LogP contribution in [-0.4, -0.2) is 17.3 Å². The molecule has 0 bridgehead atoms. The standard InChI is InChI=1S/C14H16ClNO3/c15-13-7-3-1-5-10(13)12(9-16(18)19)11-6-2-4-8-14(11)17/h1,3,5,7,11-12H,2,4,6,8-9H2. The van der Waals surface area contributed by atoms with Crippen LogP contribution in [0, 0.1) is 16.0 Å². The van der Waals surface area contributed by atoms with Crippen LogP contribution in [0.2, 0.25) is 5.02 Å². The van der Waals surface area contributed by atoms with Crippen molar-refractivity contribution in [2.45, 2.75) is 31.6 Å². The topological polar surface area (TPSA) is 60.2 Å². The number of benzene rings is 1. The molecule has 0 aliphatic heterocycles. The highest BCUT2D eigenvalue weighted by atomic mass is 35.5. The second kappa shape index (κ2) is 6.15. The van der Waals surface area contributed by atoms with E-state index in [1.165, 1.54) is 0 Å². The van der Waals surface area contributed by atoms with Crippen LogP contribution in [0.4, 0.5) is 0 Å². The molecule has 0 spiro atoms. The Labute approximate surface area is 116 Å². The smallest absolute Gasteiger partial charge is 0.211 e. The maximum atomic E-state index is 12.0. The largest absolute Gasteiger partial charge is 0.299 e. The van der Waals surface area contributed by atoms with Gasteiger partial charge in [0, 0.05) is 22.3 Å². The Kier molecular flexibility index (Phi) is 4.53. The molecule has 1 aromatic rings. The molecule has 19 heavy (non-hydrogen) atoms. The minimum Gasteiger partial charge on any atom is -0.299 e. The van der Waals surface area contributed by atoms with Crippen molar-refractivity contribution in [3.8, 4) is 0 Å². The highest BCUT2D eigenvalue weighted by Crippen LogP contribution is 2.36. The van der Waals surface area contributed by atoms with Crippen molar-refractivity contribution in [1.29, 1.82) is 0 Å². The Balaban J connectivity index is 2.32. The van der Waals surface area contributed by atoms with Gasteiger partial charge in [-0.25, -0.2) is 0 Å². The minimum atomic E-state index is -0.406. The summed E-state index contributed by atoms with van der Waals surface area (Å²) in [6.45, 7) is -0.236. The average Bonchev–Trinajstić information content (AvgIpc) is 2.37. The first kappa shape index (κ1) is 14.0. The van der Waals surface area contributed by atoms with E-state index in [9.17, 15) is 14.9 Å². The van der Waals surface area contributed by atoms with Gasteiger partial charge in [0.25, 0.3) is 0 Å². The van der Waals surface area contributed by atoms with Crippen LogP contribution in [0.25, 0.3) is 0 Å². The molecule has 0 aromatic heterocycles. The van der Waals surface area contributed by atoms with Gasteiger partial charge in [-0.3, -0.25) is 14.9 Å². The van der Waals surface area contributed by atoms with Crippen molar-refractivity contribution in [2.24, 2.45) is 5.92 Å². The Morgan fingerprint density at radius 3 is 2.74 bits per heavy atom. The maximum absolute atomic E-state index is 12.0. The van der Waals surface area contributed by atoms with Gasteiger partial charge in [0.1, 0.15) is 5.78 Å². The van der Waals surface area contributed by atoms with Crippen LogP contribution in [0.5, 0.6) is 0 Å². The van der Waals surface area contributed by atoms with Gasteiger partial charge in [-0.15, -0.1) is 0 Å². The molecule has 1 fully saturated rings. The van der Waals surface area contributed by atoms with Gasteiger partial charge in [0.15, 0.2) is 0 Å². The molecule has 1 saturated carbocycles. The van der Waals surface area contributed by atoms with Crippen molar-refractivity contribution in [3.63, 3.8) is 0 Å². The molecule has 1 aromatic carbocycles. The first-order chi connectivity index (χ1) is 9.09. The predicted octanol–water partition coefficient (Wildman–Crippen LogP) is 3.46. The summed E-state index contributed by atoms with van der Waals surface area (Å²) in [6.07, 6.45) is 3.10. The van der Waals surface area contributed by atoms with E-state index < -0.39 is 5.92 Å². The lowest BCUT2D eigenvalue weighted by molar-refractivity contribution is -0.484. The minimum absolute atomic E-state index is 0.137. The van der Waals surface area contributed by atoms with Gasteiger partial charge < -0.3 is 0 Å². The van der Waals surface area contributed by atoms with Crippen molar-refractivity contribution in [3.05, 3.63) is 45.0 Å². The molecule has 0 saturated heterocycles. The molecule has 0 N–H and O–H groups in total. The molecule has 0 radical (unpaired) electrons. The van der Waals surface area contributed by atoms with Crippen molar-refractivity contribution in [1.82, 2.24) is 0 Å². The molecular formula is C14H16ClNO3. The SMILES string of the molecule is O=C1CCCCC1C(C[N+](=O)[O-])c1ccccc1Cl. The summed E-state index contributed by atoms with van der Waals surface area (Å²) < 4.78 is 0. The number of carbonyl (C=O) groups excluding carboxylic acids is 1. The van der Waals surface area contributed by atoms with Gasteiger partial charge in [0.05, 0.1) is 5.92 Å². The van der Waals surface area contributed by atoms with Crippen LogP contribution in [0.3, 0.4) is 0 Å². The summed E-state index contributed by atoms with van der Waals surface area (Å²) >= 11 is 6.14. The number of halogens is 1. The Bertz CT molecular complexity index is 489. The van der Waals surface area contributed by atoms with Gasteiger partial charge in [-0.1, -0.05) is 36.2 Å². The zero-order chi connectivity index (χ0) is 13.8. The quantitative estimate of drug-likeness (QED) is 0.627. The summed E-state index contributed by atoms with van der Waals surface area (Å²) in [6, 6.07) is 7.11. The van der Waals surface area contributed by atoms with Crippen LogP contribution >= 0.6 is 11.6 Å². The van der Waals surface area contributed by atoms with E-state index in [0.29, 0.717) is 11.4 Å². The Morgan fingerprint density at radius 1 is 1.37 bits per heavy atom. The van der Waals surface area contributed by atoms with E-state index in [4.69, 9.17) is 11.6 Å². The molecule has 2 rings (SSSR count). The van der Waals surface area contributed by atoms with E-state index in [-0.39, 0.29) is 23.2 Å². The third-order valence-corrected chi connectivity index (χ3v) is 4.08. The number of hydrogen-bond donors (Lipinski definition) is 0. The second-order valence-corrected chi connectivity index (χ2v) is 5.37. The fraction of sp³-hybridized carbons (Fsp3) is 0.500. The molecule has 5 heteroatoms. The number of rotatable bonds is 4. The van der Waals surface area contributed by atoms with Crippen molar-refractivity contribution >= 4 is 17.4 Å². The Hall–Kier alpha value is -1.42. The fourth-order valence-corrected chi connectivity index (χ4v) is 3.09. The number of hydrogen-bond acceptors (Lipinski definition) is 3. The van der Waals surface area contributed by atoms with Gasteiger partial charge in [0.2, 0.25) is 6.54 Å². The summed E-state index contributed by atoms with van der Waals surface area (Å²) in [5.74, 6) is -0.534. The molecule has 0 heterocycles. The third kappa shape index (κ3) is 3.32. The third-order valence-electron chi connectivity index (χ3n) is 3.74. The summed E-state index contributed by atoms with van der Waals surface area (Å²) in [5, 5.41) is 11.4. The van der Waals surface area contributed by atoms with E-state index in [1.54, 1.807) is 18.2 Å². The highest BCUT2D eigenvalue weighted by Gasteiger charge is 2.35. The molecule has 1 aliphatic carbocycles. The maximum Gasteiger partial charge on any atom is 0.211 e. The highest BCUT2D eigenvalue weighted by molar-refractivity contribution is 6.31. The lowest BCUT2D eigenvalue weighted by Crippen LogP contribution is -2.30. The molecule has 1 aliphatic rings. The molecular weight excluding hydrogens is 266 g/mol. The zero-order valence-electron chi connectivity index (χ0n) is 10.5. The normalized spacial score (nSPS) is 21.1. The second-order valence-electron chi connectivity index (χ2n) is 4.96. The first-order valence-electron chi connectivity index (χ1n) is 6.48. The fourth-order valence-electron chi connectivity index (χ4n) is 2.81. The summed E-state index contributed by atoms with van der Waals surface area (Å²) in [4.78, 5) is 22.6. The molecule has 0 amide bonds. The number of nitrogens with zero attached hydrogens (tertiary/aromatic N) is 1. The molecule has 2 atom stereocenters. The van der Waals surface area contributed by atoms with Gasteiger partial charge in [-0.05, 0) is 24.5 Å². The van der Waals surface area contributed by atoms with Crippen LogP contribution in [0.1, 0.15) is 37.2 Å². The van der Waals surface area contributed by atoms with Gasteiger partial charge >= 0.3 is 0 Å². The lowest BCUT2D eigenvalue weighted by atomic mass is 9.76. The number of nitro groups is 1. The molecule has 4 nitrogen and oxygen atoms in total. The van der Waals surface area contributed by atoms with E-state index in [0.717, 1.165) is 24.8 Å². The number of ketones is 1. The Morgan fingerprint density at radius 2 is 2.11 bits per heavy atom. The summed E-state index contributed by atoms with van der Waals surface area (Å²) in [5.41, 5.74) is 0.723. The number of Topliss-reactive ketones (excluding diaryl/α,β-unsaturated/α-hetero) is 1.